The molecule has 0 saturated carbocycles. The lowest BCUT2D eigenvalue weighted by molar-refractivity contribution is 0.422. The molecule has 5 nitrogen and oxygen atoms in total. The Kier molecular flexibility index (Phi) is 4.31. The van der Waals surface area contributed by atoms with Crippen molar-refractivity contribution in [1.82, 2.24) is 4.31 Å². The van der Waals surface area contributed by atoms with Crippen molar-refractivity contribution < 1.29 is 8.42 Å². The molecule has 2 rings (SSSR count). The number of nitrogens with two attached hydrogens (primary N) is 1. The van der Waals surface area contributed by atoms with E-state index in [9.17, 15) is 8.42 Å². The maximum Gasteiger partial charge on any atom is 0.303 e. The van der Waals surface area contributed by atoms with Crippen LogP contribution in [0.5, 0.6) is 0 Å². The van der Waals surface area contributed by atoms with Crippen LogP contribution in [0.3, 0.4) is 0 Å². The molecule has 0 amide bonds. The third-order valence-electron chi connectivity index (χ3n) is 3.47. The Balaban J connectivity index is 2.22. The van der Waals surface area contributed by atoms with E-state index in [1.165, 1.54) is 4.31 Å². The van der Waals surface area contributed by atoms with Gasteiger partial charge in [0, 0.05) is 25.8 Å². The predicted octanol–water partition coefficient (Wildman–Crippen LogP) is 1.83. The van der Waals surface area contributed by atoms with Crippen molar-refractivity contribution >= 4 is 21.6 Å². The van der Waals surface area contributed by atoms with Gasteiger partial charge < -0.3 is 5.73 Å². The number of anilines is 2. The summed E-state index contributed by atoms with van der Waals surface area (Å²) in [6.45, 7) is 1.21. The van der Waals surface area contributed by atoms with E-state index in [2.05, 4.69) is 0 Å². The van der Waals surface area contributed by atoms with Crippen molar-refractivity contribution in [3.8, 4) is 0 Å². The topological polar surface area (TPSA) is 66.6 Å². The van der Waals surface area contributed by atoms with Crippen LogP contribution in [-0.2, 0) is 10.2 Å². The minimum atomic E-state index is -3.44. The zero-order valence-electron chi connectivity index (χ0n) is 11.2. The van der Waals surface area contributed by atoms with E-state index in [1.54, 1.807) is 35.6 Å². The molecule has 1 fully saturated rings. The lowest BCUT2D eigenvalue weighted by Crippen LogP contribution is -2.42. The van der Waals surface area contributed by atoms with Crippen molar-refractivity contribution in [3.05, 3.63) is 24.3 Å². The molecular weight excluding hydrogens is 262 g/mol. The molecule has 1 aliphatic heterocycles. The van der Waals surface area contributed by atoms with Crippen molar-refractivity contribution in [2.75, 3.05) is 30.2 Å². The van der Waals surface area contributed by atoms with Crippen LogP contribution in [0.4, 0.5) is 11.4 Å². The summed E-state index contributed by atoms with van der Waals surface area (Å²) >= 11 is 0. The van der Waals surface area contributed by atoms with Gasteiger partial charge in [-0.05, 0) is 31.0 Å². The van der Waals surface area contributed by atoms with E-state index in [1.807, 2.05) is 0 Å². The number of benzene rings is 1. The first kappa shape index (κ1) is 14.1. The maximum atomic E-state index is 12.6. The van der Waals surface area contributed by atoms with E-state index >= 15 is 0 Å². The molecule has 1 aliphatic rings. The number of nitrogens with zero attached hydrogens (tertiary/aromatic N) is 2. The van der Waals surface area contributed by atoms with Gasteiger partial charge >= 0.3 is 10.2 Å². The highest BCUT2D eigenvalue weighted by atomic mass is 32.2. The fraction of sp³-hybridized carbons (Fsp3) is 0.538. The van der Waals surface area contributed by atoms with Gasteiger partial charge in [-0.3, -0.25) is 4.31 Å². The van der Waals surface area contributed by atoms with Gasteiger partial charge in [-0.15, -0.1) is 0 Å². The lowest BCUT2D eigenvalue weighted by atomic mass is 10.2. The summed E-state index contributed by atoms with van der Waals surface area (Å²) in [5.74, 6) is 0. The highest BCUT2D eigenvalue weighted by Crippen LogP contribution is 2.22. The fourth-order valence-corrected chi connectivity index (χ4v) is 3.75. The molecule has 0 unspecified atom stereocenters. The van der Waals surface area contributed by atoms with Crippen LogP contribution in [0.15, 0.2) is 24.3 Å². The molecule has 0 aromatic heterocycles. The minimum absolute atomic E-state index is 0.565. The smallest absolute Gasteiger partial charge is 0.303 e. The van der Waals surface area contributed by atoms with Gasteiger partial charge in [-0.25, -0.2) is 0 Å². The van der Waals surface area contributed by atoms with Crippen molar-refractivity contribution in [2.24, 2.45) is 0 Å². The Bertz CT molecular complexity index is 522. The summed E-state index contributed by atoms with van der Waals surface area (Å²) in [5, 5.41) is 0. The van der Waals surface area contributed by atoms with Crippen LogP contribution in [0.2, 0.25) is 0 Å². The van der Waals surface area contributed by atoms with Crippen LogP contribution in [0.25, 0.3) is 0 Å². The summed E-state index contributed by atoms with van der Waals surface area (Å²) in [6, 6.07) is 6.94. The Morgan fingerprint density at radius 3 is 2.37 bits per heavy atom. The second-order valence-electron chi connectivity index (χ2n) is 4.88. The number of nitrogen functional groups attached to an aromatic ring is 1. The fourth-order valence-electron chi connectivity index (χ4n) is 2.30. The van der Waals surface area contributed by atoms with Crippen molar-refractivity contribution in [2.45, 2.75) is 25.7 Å². The van der Waals surface area contributed by atoms with Gasteiger partial charge in [0.1, 0.15) is 0 Å². The molecule has 106 valence electrons. The molecule has 0 aliphatic carbocycles. The van der Waals surface area contributed by atoms with Crippen LogP contribution in [0, 0.1) is 0 Å². The van der Waals surface area contributed by atoms with Crippen molar-refractivity contribution in [1.29, 1.82) is 0 Å². The normalized spacial score (nSPS) is 17.9. The third kappa shape index (κ3) is 3.19. The number of hydrogen-bond donors (Lipinski definition) is 1. The predicted molar refractivity (Wildman–Crippen MR) is 78.2 cm³/mol. The summed E-state index contributed by atoms with van der Waals surface area (Å²) in [5.41, 5.74) is 6.87. The molecule has 1 aromatic carbocycles. The van der Waals surface area contributed by atoms with Crippen LogP contribution >= 0.6 is 0 Å². The molecule has 1 heterocycles. The number of rotatable bonds is 3. The minimum Gasteiger partial charge on any atom is -0.399 e. The van der Waals surface area contributed by atoms with Gasteiger partial charge in [-0.2, -0.15) is 12.7 Å². The Morgan fingerprint density at radius 1 is 1.16 bits per heavy atom. The molecule has 0 radical (unpaired) electrons. The second-order valence-corrected chi connectivity index (χ2v) is 6.84. The van der Waals surface area contributed by atoms with E-state index in [0.717, 1.165) is 25.7 Å². The zero-order chi connectivity index (χ0) is 13.9. The quantitative estimate of drug-likeness (QED) is 0.861. The van der Waals surface area contributed by atoms with Gasteiger partial charge in [0.05, 0.1) is 5.69 Å². The Morgan fingerprint density at radius 2 is 1.79 bits per heavy atom. The van der Waals surface area contributed by atoms with Crippen LogP contribution < -0.4 is 10.0 Å². The van der Waals surface area contributed by atoms with Gasteiger partial charge in [-0.1, -0.05) is 18.9 Å². The summed E-state index contributed by atoms with van der Waals surface area (Å²) in [4.78, 5) is 0. The molecule has 0 atom stereocenters. The molecule has 0 spiro atoms. The highest BCUT2D eigenvalue weighted by molar-refractivity contribution is 7.90. The third-order valence-corrected chi connectivity index (χ3v) is 5.39. The first-order valence-corrected chi connectivity index (χ1v) is 8.01. The van der Waals surface area contributed by atoms with E-state index in [-0.39, 0.29) is 0 Å². The molecule has 1 saturated heterocycles. The zero-order valence-corrected chi connectivity index (χ0v) is 12.1. The average molecular weight is 283 g/mol. The summed E-state index contributed by atoms with van der Waals surface area (Å²) in [6.07, 6.45) is 4.08. The molecule has 6 heteroatoms. The first-order valence-electron chi connectivity index (χ1n) is 6.61. The molecule has 19 heavy (non-hydrogen) atoms. The van der Waals surface area contributed by atoms with Gasteiger partial charge in [0.25, 0.3) is 0 Å². The van der Waals surface area contributed by atoms with Crippen LogP contribution in [-0.4, -0.2) is 32.9 Å². The average Bonchev–Trinajstić information content (AvgIpc) is 2.67. The highest BCUT2D eigenvalue weighted by Gasteiger charge is 2.27. The second kappa shape index (κ2) is 5.79. The standard InChI is InChI=1S/C13H21N3O2S/c1-15(13-8-6-7-12(14)11-13)19(17,18)16-9-4-2-3-5-10-16/h6-8,11H,2-5,9-10,14H2,1H3. The molecular formula is C13H21N3O2S. The molecule has 2 N–H and O–H groups in total. The lowest BCUT2D eigenvalue weighted by Gasteiger charge is -2.27. The monoisotopic (exact) mass is 283 g/mol. The summed E-state index contributed by atoms with van der Waals surface area (Å²) < 4.78 is 28.0. The summed E-state index contributed by atoms with van der Waals surface area (Å²) in [7, 11) is -1.87. The Labute approximate surface area is 115 Å². The SMILES string of the molecule is CN(c1cccc(N)c1)S(=O)(=O)N1CCCCCC1. The van der Waals surface area contributed by atoms with E-state index in [4.69, 9.17) is 5.73 Å². The van der Waals surface area contributed by atoms with Gasteiger partial charge in [0.2, 0.25) is 0 Å². The largest absolute Gasteiger partial charge is 0.399 e. The Hall–Kier alpha value is -1.27. The van der Waals surface area contributed by atoms with Crippen molar-refractivity contribution in [3.63, 3.8) is 0 Å². The molecule has 1 aromatic rings. The number of hydrogen-bond acceptors (Lipinski definition) is 3. The molecule has 0 bridgehead atoms. The maximum absolute atomic E-state index is 12.6. The first-order chi connectivity index (χ1) is 9.01. The van der Waals surface area contributed by atoms with Crippen LogP contribution in [0.1, 0.15) is 25.7 Å². The van der Waals surface area contributed by atoms with Gasteiger partial charge in [0.15, 0.2) is 0 Å². The van der Waals surface area contributed by atoms with E-state index in [0.29, 0.717) is 24.5 Å². The van der Waals surface area contributed by atoms with E-state index < -0.39 is 10.2 Å².